The molecule has 1 nitrogen and oxygen atoms in total. The topological polar surface area (TPSA) is 9.23 Å². The smallest absolute Gasteiger partial charge is 0.118 e. The van der Waals surface area contributed by atoms with E-state index in [0.29, 0.717) is 22.5 Å². The summed E-state index contributed by atoms with van der Waals surface area (Å²) in [6.07, 6.45) is 0. The van der Waals surface area contributed by atoms with Gasteiger partial charge in [0.05, 0.1) is 0 Å². The third kappa shape index (κ3) is 5.24. The van der Waals surface area contributed by atoms with E-state index >= 15 is 0 Å². The monoisotopic (exact) mass is 150 g/mol. The van der Waals surface area contributed by atoms with Crippen LogP contribution in [0.5, 0.6) is 0 Å². The highest BCUT2D eigenvalue weighted by Crippen LogP contribution is 2.20. The molecule has 0 unspecified atom stereocenters. The lowest BCUT2D eigenvalue weighted by atomic mass is 15.9. The molecule has 0 N–H and O–H groups in total. The number of halogens is 2. The van der Waals surface area contributed by atoms with Gasteiger partial charge in [-0.05, 0) is 21.4 Å². The molecule has 0 aromatic heterocycles. The van der Waals surface area contributed by atoms with Crippen LogP contribution in [0.15, 0.2) is 0 Å². The second-order valence-electron chi connectivity index (χ2n) is 0.194. The fraction of sp³-hybridized carbons (Fsp3) is 0. The van der Waals surface area contributed by atoms with Crippen LogP contribution in [-0.4, -0.2) is 0 Å². The van der Waals surface area contributed by atoms with E-state index in [1.165, 1.54) is 0 Å². The summed E-state index contributed by atoms with van der Waals surface area (Å²) in [5.41, 5.74) is 0. The molecular formula is Cl2OS2. The molecule has 5 heteroatoms. The van der Waals surface area contributed by atoms with Crippen molar-refractivity contribution in [2.45, 2.75) is 0 Å². The van der Waals surface area contributed by atoms with Gasteiger partial charge in [-0.1, -0.05) is 0 Å². The van der Waals surface area contributed by atoms with Gasteiger partial charge in [0, 0.05) is 0 Å². The molecular weight excluding hydrogens is 151 g/mol. The zero-order valence-corrected chi connectivity index (χ0v) is 5.13. The van der Waals surface area contributed by atoms with Gasteiger partial charge >= 0.3 is 0 Å². The average molecular weight is 151 g/mol. The molecule has 0 rings (SSSR count). The number of rotatable bonds is 2. The average Bonchev–Trinajstić information content (AvgIpc) is 1.41. The molecule has 0 saturated carbocycles. The summed E-state index contributed by atoms with van der Waals surface area (Å²) in [7, 11) is 9.78. The minimum absolute atomic E-state index is 0.705. The zero-order chi connectivity index (χ0) is 4.12. The maximum Gasteiger partial charge on any atom is 0.118 e. The Kier molecular flexibility index (Phi) is 6.54. The first kappa shape index (κ1) is 6.24. The Hall–Kier alpha value is 1.24. The van der Waals surface area contributed by atoms with Gasteiger partial charge in [-0.2, -0.15) is 0 Å². The van der Waals surface area contributed by atoms with Crippen molar-refractivity contribution in [3.05, 3.63) is 0 Å². The van der Waals surface area contributed by atoms with Crippen LogP contribution in [0.1, 0.15) is 0 Å². The maximum absolute atomic E-state index is 4.89. The molecule has 0 aromatic carbocycles. The molecule has 32 valence electrons. The van der Waals surface area contributed by atoms with Gasteiger partial charge in [0.2, 0.25) is 0 Å². The van der Waals surface area contributed by atoms with E-state index in [1.54, 1.807) is 0 Å². The second-order valence-corrected chi connectivity index (χ2v) is 1.75. The van der Waals surface area contributed by atoms with Crippen molar-refractivity contribution in [2.75, 3.05) is 0 Å². The predicted molar refractivity (Wildman–Crippen MR) is 28.0 cm³/mol. The van der Waals surface area contributed by atoms with Crippen molar-refractivity contribution in [1.29, 1.82) is 0 Å². The van der Waals surface area contributed by atoms with E-state index in [4.69, 9.17) is 21.4 Å². The highest BCUT2D eigenvalue weighted by molar-refractivity contribution is 8.28. The van der Waals surface area contributed by atoms with Gasteiger partial charge in [-0.3, -0.25) is 0 Å². The van der Waals surface area contributed by atoms with Crippen molar-refractivity contribution in [1.82, 2.24) is 0 Å². The van der Waals surface area contributed by atoms with Gasteiger partial charge in [0.15, 0.2) is 0 Å². The highest BCUT2D eigenvalue weighted by atomic mass is 35.7. The van der Waals surface area contributed by atoms with Crippen LogP contribution in [0.25, 0.3) is 0 Å². The summed E-state index contributed by atoms with van der Waals surface area (Å²) in [6, 6.07) is 0. The van der Waals surface area contributed by atoms with Crippen LogP contribution in [0.3, 0.4) is 0 Å². The Morgan fingerprint density at radius 3 is 1.60 bits per heavy atom. The summed E-state index contributed by atoms with van der Waals surface area (Å²) >= 11 is 1.41. The zero-order valence-electron chi connectivity index (χ0n) is 1.98. The Labute approximate surface area is 47.8 Å². The van der Waals surface area contributed by atoms with E-state index in [2.05, 4.69) is 3.63 Å². The van der Waals surface area contributed by atoms with E-state index < -0.39 is 0 Å². The molecule has 0 spiro atoms. The van der Waals surface area contributed by atoms with Gasteiger partial charge in [0.25, 0.3) is 0 Å². The molecule has 0 aliphatic heterocycles. The quantitative estimate of drug-likeness (QED) is 0.561. The molecule has 0 radical (unpaired) electrons. The van der Waals surface area contributed by atoms with E-state index in [0.717, 1.165) is 0 Å². The largest absolute Gasteiger partial charge is 0.214 e. The first-order valence-corrected chi connectivity index (χ1v) is 3.78. The molecule has 0 atom stereocenters. The standard InChI is InChI=1S/Cl2OS2/c1-4-3-5-2. The van der Waals surface area contributed by atoms with Crippen molar-refractivity contribution >= 4 is 43.9 Å². The molecule has 0 bridgehead atoms. The summed E-state index contributed by atoms with van der Waals surface area (Å²) in [6.45, 7) is 0. The van der Waals surface area contributed by atoms with Crippen LogP contribution < -0.4 is 0 Å². The van der Waals surface area contributed by atoms with Crippen molar-refractivity contribution < 1.29 is 3.63 Å². The molecule has 0 aliphatic rings. The van der Waals surface area contributed by atoms with Gasteiger partial charge in [-0.25, -0.2) is 3.63 Å². The minimum Gasteiger partial charge on any atom is -0.214 e. The Morgan fingerprint density at radius 2 is 1.60 bits per heavy atom. The highest BCUT2D eigenvalue weighted by Gasteiger charge is 1.73. The molecule has 0 fully saturated rings. The summed E-state index contributed by atoms with van der Waals surface area (Å²) in [5, 5.41) is 0. The van der Waals surface area contributed by atoms with Crippen LogP contribution in [0, 0.1) is 0 Å². The third-order valence-electron chi connectivity index (χ3n) is 0.0514. The lowest BCUT2D eigenvalue weighted by molar-refractivity contribution is 0.783. The molecule has 0 aliphatic carbocycles. The minimum atomic E-state index is 0.705. The fourth-order valence-electron chi connectivity index (χ4n) is 0.00972. The summed E-state index contributed by atoms with van der Waals surface area (Å²) < 4.78 is 4.20. The Bertz CT molecular complexity index is 15.1. The van der Waals surface area contributed by atoms with E-state index in [9.17, 15) is 0 Å². The fourth-order valence-corrected chi connectivity index (χ4v) is 0.787. The number of hydrogen-bond donors (Lipinski definition) is 0. The van der Waals surface area contributed by atoms with Crippen molar-refractivity contribution in [3.63, 3.8) is 0 Å². The lowest BCUT2D eigenvalue weighted by Crippen LogP contribution is -1.37. The molecule has 0 saturated heterocycles. The first-order chi connectivity index (χ1) is 2.41. The Morgan fingerprint density at radius 1 is 1.20 bits per heavy atom. The molecule has 0 amide bonds. The summed E-state index contributed by atoms with van der Waals surface area (Å²) in [4.78, 5) is 0. The van der Waals surface area contributed by atoms with Gasteiger partial charge in [0.1, 0.15) is 22.5 Å². The first-order valence-electron chi connectivity index (χ1n) is 0.642. The SMILES string of the molecule is ClSOSCl. The van der Waals surface area contributed by atoms with Crippen molar-refractivity contribution in [2.24, 2.45) is 0 Å². The van der Waals surface area contributed by atoms with Crippen LogP contribution in [0.2, 0.25) is 0 Å². The Balaban J connectivity index is 2.19. The predicted octanol–water partition coefficient (Wildman–Crippen LogP) is 2.61. The lowest BCUT2D eigenvalue weighted by Gasteiger charge is -1.75. The molecule has 5 heavy (non-hydrogen) atoms. The van der Waals surface area contributed by atoms with Gasteiger partial charge in [-0.15, -0.1) is 0 Å². The van der Waals surface area contributed by atoms with Crippen LogP contribution in [-0.2, 0) is 3.63 Å². The van der Waals surface area contributed by atoms with Gasteiger partial charge < -0.3 is 0 Å². The van der Waals surface area contributed by atoms with Crippen molar-refractivity contribution in [3.8, 4) is 0 Å². The maximum atomic E-state index is 4.89. The van der Waals surface area contributed by atoms with E-state index in [1.807, 2.05) is 0 Å². The normalized spacial score (nSPS) is 8.40. The number of hydrogen-bond acceptors (Lipinski definition) is 3. The van der Waals surface area contributed by atoms with Crippen LogP contribution in [0.4, 0.5) is 0 Å². The van der Waals surface area contributed by atoms with Crippen LogP contribution >= 0.6 is 43.9 Å². The molecule has 0 aromatic rings. The summed E-state index contributed by atoms with van der Waals surface area (Å²) in [5.74, 6) is 0. The van der Waals surface area contributed by atoms with E-state index in [-0.39, 0.29) is 0 Å². The second kappa shape index (κ2) is 5.24. The molecule has 0 heterocycles. The third-order valence-corrected chi connectivity index (χ3v) is 1.39.